The molecule has 0 saturated heterocycles. The number of hydrogen-bond donors (Lipinski definition) is 4. The van der Waals surface area contributed by atoms with Crippen LogP contribution in [0.25, 0.3) is 0 Å². The minimum Gasteiger partial charge on any atom is -0.545 e. The molecule has 9 heteroatoms. The average Bonchev–Trinajstić information content (AvgIpc) is 2.53. The molecule has 0 unspecified atom stereocenters. The maximum absolute atomic E-state index is 11.8. The number of aromatic amines is 1. The van der Waals surface area contributed by atoms with Gasteiger partial charge in [-0.25, -0.2) is 0 Å². The Morgan fingerprint density at radius 3 is 2.78 bits per heavy atom. The highest BCUT2D eigenvalue weighted by Gasteiger charge is 2.17. The lowest BCUT2D eigenvalue weighted by molar-refractivity contribution is -0.255. The third kappa shape index (κ3) is 3.12. The fourth-order valence-electron chi connectivity index (χ4n) is 2.12. The molecule has 23 heavy (non-hydrogen) atoms. The van der Waals surface area contributed by atoms with Crippen LogP contribution >= 0.6 is 0 Å². The van der Waals surface area contributed by atoms with E-state index in [4.69, 9.17) is 5.73 Å². The number of carbonyl (C=O) groups excluding carboxylic acids is 1. The van der Waals surface area contributed by atoms with Crippen molar-refractivity contribution in [2.24, 2.45) is 4.99 Å². The zero-order valence-corrected chi connectivity index (χ0v) is 11.9. The van der Waals surface area contributed by atoms with Crippen molar-refractivity contribution < 1.29 is 9.90 Å². The maximum atomic E-state index is 11.8. The summed E-state index contributed by atoms with van der Waals surface area (Å²) in [5.41, 5.74) is 6.30. The summed E-state index contributed by atoms with van der Waals surface area (Å²) in [7, 11) is 0. The van der Waals surface area contributed by atoms with Crippen molar-refractivity contribution in [3.63, 3.8) is 0 Å². The van der Waals surface area contributed by atoms with E-state index in [1.807, 2.05) is 0 Å². The number of anilines is 3. The van der Waals surface area contributed by atoms with Gasteiger partial charge in [0.15, 0.2) is 5.82 Å². The summed E-state index contributed by atoms with van der Waals surface area (Å²) in [5, 5.41) is 16.6. The van der Waals surface area contributed by atoms with Gasteiger partial charge in [-0.1, -0.05) is 24.3 Å². The van der Waals surface area contributed by atoms with Crippen molar-refractivity contribution in [2.45, 2.75) is 6.54 Å². The summed E-state index contributed by atoms with van der Waals surface area (Å²) in [6.07, 6.45) is 0. The second-order valence-corrected chi connectivity index (χ2v) is 4.90. The number of fused-ring (bicyclic) bond motifs is 1. The van der Waals surface area contributed by atoms with Crippen molar-refractivity contribution in [2.75, 3.05) is 22.9 Å². The van der Waals surface area contributed by atoms with Gasteiger partial charge in [0.05, 0.1) is 19.1 Å². The van der Waals surface area contributed by atoms with E-state index in [9.17, 15) is 14.7 Å². The van der Waals surface area contributed by atoms with Gasteiger partial charge in [-0.2, -0.15) is 4.98 Å². The fourth-order valence-corrected chi connectivity index (χ4v) is 2.12. The molecule has 1 aromatic heterocycles. The molecule has 0 spiro atoms. The van der Waals surface area contributed by atoms with E-state index in [2.05, 4.69) is 25.6 Å². The number of benzene rings is 1. The van der Waals surface area contributed by atoms with Gasteiger partial charge >= 0.3 is 0 Å². The summed E-state index contributed by atoms with van der Waals surface area (Å²) in [5.74, 6) is -0.234. The van der Waals surface area contributed by atoms with Gasteiger partial charge in [0.2, 0.25) is 5.95 Å². The van der Waals surface area contributed by atoms with Crippen LogP contribution in [0.5, 0.6) is 0 Å². The zero-order valence-electron chi connectivity index (χ0n) is 11.9. The monoisotopic (exact) mass is 313 g/mol. The minimum atomic E-state index is -1.22. The number of aromatic carboxylic acids is 1. The standard InChI is InChI=1S/C14H14N6O3/c15-14-19-11-10(12(21)20-14)18-9(6-17-11)16-5-7-1-3-8(4-2-7)13(22)23/h1-4H,5-6H2,(H,16,18)(H,22,23)(H4,15,17,19,20,21)/p-1. The number of amidine groups is 1. The van der Waals surface area contributed by atoms with Crippen molar-refractivity contribution >= 4 is 29.3 Å². The van der Waals surface area contributed by atoms with E-state index in [-0.39, 0.29) is 22.8 Å². The number of carbonyl (C=O) groups is 1. The number of aliphatic imine (C=N–C) groups is 1. The molecule has 1 aliphatic rings. The highest BCUT2D eigenvalue weighted by atomic mass is 16.4. The number of carboxylic acids is 1. The van der Waals surface area contributed by atoms with Crippen LogP contribution in [0, 0.1) is 0 Å². The average molecular weight is 313 g/mol. The maximum Gasteiger partial charge on any atom is 0.278 e. The van der Waals surface area contributed by atoms with Crippen LogP contribution in [0.15, 0.2) is 34.1 Å². The summed E-state index contributed by atoms with van der Waals surface area (Å²) in [6, 6.07) is 6.25. The molecule has 9 nitrogen and oxygen atoms in total. The molecule has 0 bridgehead atoms. The normalized spacial score (nSPS) is 14.7. The number of nitrogens with zero attached hydrogens (tertiary/aromatic N) is 2. The summed E-state index contributed by atoms with van der Waals surface area (Å²) in [4.78, 5) is 33.2. The van der Waals surface area contributed by atoms with Crippen LogP contribution in [0.2, 0.25) is 0 Å². The smallest absolute Gasteiger partial charge is 0.278 e. The zero-order chi connectivity index (χ0) is 16.4. The molecule has 3 rings (SSSR count). The summed E-state index contributed by atoms with van der Waals surface area (Å²) < 4.78 is 0. The number of aromatic nitrogens is 2. The first kappa shape index (κ1) is 14.6. The number of nitrogen functional groups attached to an aromatic ring is 1. The van der Waals surface area contributed by atoms with Gasteiger partial charge in [0.25, 0.3) is 5.56 Å². The van der Waals surface area contributed by atoms with Gasteiger partial charge in [0.1, 0.15) is 11.5 Å². The van der Waals surface area contributed by atoms with Crippen LogP contribution in [0.3, 0.4) is 0 Å². The molecule has 0 amide bonds. The van der Waals surface area contributed by atoms with Crippen molar-refractivity contribution in [3.8, 4) is 0 Å². The van der Waals surface area contributed by atoms with Gasteiger partial charge < -0.3 is 26.3 Å². The lowest BCUT2D eigenvalue weighted by atomic mass is 10.1. The van der Waals surface area contributed by atoms with E-state index >= 15 is 0 Å². The van der Waals surface area contributed by atoms with Crippen molar-refractivity contribution in [3.05, 3.63) is 45.7 Å². The molecule has 1 aromatic carbocycles. The molecule has 5 N–H and O–H groups in total. The van der Waals surface area contributed by atoms with Gasteiger partial charge in [-0.05, 0) is 11.1 Å². The minimum absolute atomic E-state index is 0.0384. The van der Waals surface area contributed by atoms with Crippen LogP contribution in [0.4, 0.5) is 17.5 Å². The second kappa shape index (κ2) is 5.79. The third-order valence-corrected chi connectivity index (χ3v) is 3.27. The summed E-state index contributed by atoms with van der Waals surface area (Å²) in [6.45, 7) is 0.715. The molecule has 118 valence electrons. The van der Waals surface area contributed by atoms with Crippen molar-refractivity contribution in [1.82, 2.24) is 9.97 Å². The Labute approximate surface area is 130 Å². The molecule has 0 saturated carbocycles. The van der Waals surface area contributed by atoms with E-state index < -0.39 is 5.97 Å². The number of rotatable bonds is 3. The molecule has 2 heterocycles. The Balaban J connectivity index is 1.74. The second-order valence-electron chi connectivity index (χ2n) is 4.90. The Hall–Kier alpha value is -3.36. The third-order valence-electron chi connectivity index (χ3n) is 3.27. The quantitative estimate of drug-likeness (QED) is 0.576. The number of carboxylic acid groups (broad SMARTS) is 1. The van der Waals surface area contributed by atoms with Crippen LogP contribution in [0.1, 0.15) is 15.9 Å². The number of nitrogens with one attached hydrogen (secondary N) is 3. The first-order valence-electron chi connectivity index (χ1n) is 6.77. The van der Waals surface area contributed by atoms with E-state index in [0.717, 1.165) is 5.56 Å². The first-order chi connectivity index (χ1) is 11.0. The van der Waals surface area contributed by atoms with Crippen LogP contribution < -0.4 is 27.0 Å². The predicted octanol–water partition coefficient (Wildman–Crippen LogP) is -0.848. The SMILES string of the molecule is Nc1nc2c(c(=O)[nH]1)NC(=NCc1ccc(C(=O)[O-])cc1)CN2. The highest BCUT2D eigenvalue weighted by Crippen LogP contribution is 2.18. The van der Waals surface area contributed by atoms with E-state index in [1.165, 1.54) is 12.1 Å². The Kier molecular flexibility index (Phi) is 3.67. The highest BCUT2D eigenvalue weighted by molar-refractivity contribution is 6.03. The molecular weight excluding hydrogens is 300 g/mol. The van der Waals surface area contributed by atoms with Gasteiger partial charge in [-0.15, -0.1) is 0 Å². The summed E-state index contributed by atoms with van der Waals surface area (Å²) >= 11 is 0. The molecule has 2 aromatic rings. The lowest BCUT2D eigenvalue weighted by Crippen LogP contribution is -2.33. The van der Waals surface area contributed by atoms with Gasteiger partial charge in [-0.3, -0.25) is 14.8 Å². The number of nitrogens with two attached hydrogens (primary N) is 1. The number of H-pyrrole nitrogens is 1. The Morgan fingerprint density at radius 2 is 2.09 bits per heavy atom. The number of hydrogen-bond acceptors (Lipinski definition) is 7. The molecule has 0 atom stereocenters. The molecule has 1 aliphatic heterocycles. The first-order valence-corrected chi connectivity index (χ1v) is 6.77. The molecule has 0 radical (unpaired) electrons. The van der Waals surface area contributed by atoms with Crippen molar-refractivity contribution in [1.29, 1.82) is 0 Å². The predicted molar refractivity (Wildman–Crippen MR) is 83.3 cm³/mol. The van der Waals surface area contributed by atoms with Crippen LogP contribution in [-0.2, 0) is 6.54 Å². The molecule has 0 fully saturated rings. The van der Waals surface area contributed by atoms with E-state index in [1.54, 1.807) is 12.1 Å². The topological polar surface area (TPSA) is 148 Å². The Bertz CT molecular complexity index is 841. The lowest BCUT2D eigenvalue weighted by Gasteiger charge is -2.19. The largest absolute Gasteiger partial charge is 0.545 e. The molecular formula is C14H13N6O3-. The van der Waals surface area contributed by atoms with Crippen LogP contribution in [-0.4, -0.2) is 28.3 Å². The fraction of sp³-hybridized carbons (Fsp3) is 0.143. The molecule has 0 aliphatic carbocycles. The Morgan fingerprint density at radius 1 is 1.35 bits per heavy atom. The van der Waals surface area contributed by atoms with Gasteiger partial charge in [0, 0.05) is 0 Å². The van der Waals surface area contributed by atoms with E-state index in [0.29, 0.717) is 24.7 Å².